The minimum Gasteiger partial charge on any atom is -0.497 e. The van der Waals surface area contributed by atoms with Crippen molar-refractivity contribution in [1.29, 1.82) is 0 Å². The number of methoxy groups -OCH3 is 1. The molecule has 1 aromatic rings. The zero-order chi connectivity index (χ0) is 26.4. The predicted molar refractivity (Wildman–Crippen MR) is 152 cm³/mol. The first-order chi connectivity index (χ1) is 17.9. The summed E-state index contributed by atoms with van der Waals surface area (Å²) in [5.41, 5.74) is 4.15. The molecule has 0 spiro atoms. The first-order valence-electron chi connectivity index (χ1n) is 15.1. The normalized spacial score (nSPS) is 26.2. The largest absolute Gasteiger partial charge is 0.497 e. The van der Waals surface area contributed by atoms with E-state index in [1.54, 1.807) is 7.11 Å². The van der Waals surface area contributed by atoms with Crippen molar-refractivity contribution in [2.24, 2.45) is 17.3 Å². The number of carbonyl (C=O) groups is 2. The van der Waals surface area contributed by atoms with Crippen molar-refractivity contribution in [2.75, 3.05) is 20.2 Å². The molecule has 0 N–H and O–H groups in total. The van der Waals surface area contributed by atoms with E-state index in [1.807, 2.05) is 0 Å². The van der Waals surface area contributed by atoms with Gasteiger partial charge in [-0.2, -0.15) is 0 Å². The highest BCUT2D eigenvalue weighted by Crippen LogP contribution is 2.61. The number of allylic oxidation sites excluding steroid dienone is 1. The molecule has 0 heterocycles. The Balaban J connectivity index is 1.41. The van der Waals surface area contributed by atoms with Crippen molar-refractivity contribution >= 4 is 17.8 Å². The number of ether oxygens (including phenoxy) is 1. The van der Waals surface area contributed by atoms with Crippen LogP contribution < -0.4 is 4.74 Å². The van der Waals surface area contributed by atoms with Crippen molar-refractivity contribution in [1.82, 2.24) is 4.90 Å². The number of Topliss-reactive ketones (excluding diaryl/α,β-unsaturated/α-hetero) is 1. The summed E-state index contributed by atoms with van der Waals surface area (Å²) in [5.74, 6) is 3.20. The van der Waals surface area contributed by atoms with Crippen LogP contribution in [0.25, 0.3) is 6.08 Å². The van der Waals surface area contributed by atoms with Gasteiger partial charge in [0, 0.05) is 31.3 Å². The van der Waals surface area contributed by atoms with Gasteiger partial charge in [0.15, 0.2) is 0 Å². The first-order valence-corrected chi connectivity index (χ1v) is 15.1. The summed E-state index contributed by atoms with van der Waals surface area (Å²) in [6.45, 7) is 8.45. The fraction of sp³-hybridized carbons (Fsp3) is 0.697. The van der Waals surface area contributed by atoms with E-state index in [9.17, 15) is 9.59 Å². The predicted octanol–water partition coefficient (Wildman–Crippen LogP) is 7.95. The number of nitrogens with zero attached hydrogens (tertiary/aromatic N) is 1. The van der Waals surface area contributed by atoms with E-state index >= 15 is 0 Å². The van der Waals surface area contributed by atoms with Crippen LogP contribution >= 0.6 is 0 Å². The highest BCUT2D eigenvalue weighted by molar-refractivity contribution is 5.87. The topological polar surface area (TPSA) is 46.6 Å². The number of rotatable bonds is 13. The molecule has 0 aromatic heterocycles. The SMILES string of the molecule is CCCCN(CCCC)C(=O)CCCCCC1=Cc2cc(OC)ccc2[C@H]2CC[C@]3(C)C(=O)CC[C@H]3[C@H]12. The number of unbranched alkanes of at least 4 members (excludes halogenated alkanes) is 4. The molecule has 4 heteroatoms. The second-order valence-corrected chi connectivity index (χ2v) is 12.0. The highest BCUT2D eigenvalue weighted by Gasteiger charge is 2.55. The highest BCUT2D eigenvalue weighted by atomic mass is 16.5. The third-order valence-corrected chi connectivity index (χ3v) is 9.71. The van der Waals surface area contributed by atoms with Gasteiger partial charge in [-0.25, -0.2) is 0 Å². The molecule has 0 radical (unpaired) electrons. The van der Waals surface area contributed by atoms with Gasteiger partial charge in [-0.15, -0.1) is 0 Å². The van der Waals surface area contributed by atoms with E-state index < -0.39 is 0 Å². The Morgan fingerprint density at radius 1 is 1.05 bits per heavy atom. The summed E-state index contributed by atoms with van der Waals surface area (Å²) in [5, 5.41) is 0. The average molecular weight is 508 g/mol. The van der Waals surface area contributed by atoms with Crippen molar-refractivity contribution in [3.63, 3.8) is 0 Å². The van der Waals surface area contributed by atoms with Crippen LogP contribution in [0, 0.1) is 17.3 Å². The molecule has 0 unspecified atom stereocenters. The Labute approximate surface area is 225 Å². The van der Waals surface area contributed by atoms with Crippen LogP contribution in [-0.4, -0.2) is 36.8 Å². The van der Waals surface area contributed by atoms with Gasteiger partial charge in [0.25, 0.3) is 0 Å². The van der Waals surface area contributed by atoms with Crippen molar-refractivity contribution in [2.45, 2.75) is 110 Å². The lowest BCUT2D eigenvalue weighted by Crippen LogP contribution is -2.42. The van der Waals surface area contributed by atoms with Gasteiger partial charge in [0.1, 0.15) is 11.5 Å². The number of hydrogen-bond acceptors (Lipinski definition) is 3. The molecule has 0 bridgehead atoms. The first kappa shape index (κ1) is 27.9. The fourth-order valence-corrected chi connectivity index (χ4v) is 7.46. The zero-order valence-electron chi connectivity index (χ0n) is 23.8. The molecule has 4 rings (SSSR count). The molecular weight excluding hydrogens is 458 g/mol. The van der Waals surface area contributed by atoms with E-state index in [1.165, 1.54) is 16.7 Å². The number of amides is 1. The van der Waals surface area contributed by atoms with E-state index in [4.69, 9.17) is 4.74 Å². The van der Waals surface area contributed by atoms with Gasteiger partial charge in [-0.1, -0.05) is 57.7 Å². The molecule has 0 aliphatic heterocycles. The lowest BCUT2D eigenvalue weighted by molar-refractivity contribution is -0.131. The number of ketones is 1. The molecule has 4 nitrogen and oxygen atoms in total. The Morgan fingerprint density at radius 2 is 1.81 bits per heavy atom. The molecule has 1 amide bonds. The van der Waals surface area contributed by atoms with Gasteiger partial charge in [0.2, 0.25) is 5.91 Å². The molecule has 37 heavy (non-hydrogen) atoms. The standard InChI is InChI=1S/C33H49NO3/c1-5-7-20-34(21-8-6-2)31(36)13-11-9-10-12-24-22-25-23-26(37-4)14-15-27(25)28-18-19-33(3)29(32(24)28)16-17-30(33)35/h14-15,22-23,28-29,32H,5-13,16-21H2,1-4H3/t28-,29+,32-,33+/m1/s1. The molecule has 3 aliphatic carbocycles. The summed E-state index contributed by atoms with van der Waals surface area (Å²) >= 11 is 0. The Kier molecular flexibility index (Phi) is 9.53. The minimum atomic E-state index is -0.142. The molecule has 2 saturated carbocycles. The minimum absolute atomic E-state index is 0.142. The maximum absolute atomic E-state index is 12.9. The smallest absolute Gasteiger partial charge is 0.222 e. The monoisotopic (exact) mass is 507 g/mol. The maximum Gasteiger partial charge on any atom is 0.222 e. The van der Waals surface area contributed by atoms with Crippen LogP contribution in [0.3, 0.4) is 0 Å². The Bertz CT molecular complexity index is 974. The third-order valence-electron chi connectivity index (χ3n) is 9.71. The number of benzene rings is 1. The summed E-state index contributed by atoms with van der Waals surface area (Å²) < 4.78 is 5.54. The summed E-state index contributed by atoms with van der Waals surface area (Å²) in [6, 6.07) is 6.57. The number of carbonyl (C=O) groups excluding carboxylic acids is 2. The third kappa shape index (κ3) is 5.99. The lowest BCUT2D eigenvalue weighted by atomic mass is 9.55. The fourth-order valence-electron chi connectivity index (χ4n) is 7.46. The second-order valence-electron chi connectivity index (χ2n) is 12.0. The second kappa shape index (κ2) is 12.6. The van der Waals surface area contributed by atoms with Gasteiger partial charge in [0.05, 0.1) is 7.11 Å². The van der Waals surface area contributed by atoms with Crippen LogP contribution in [-0.2, 0) is 9.59 Å². The molecule has 4 atom stereocenters. The Morgan fingerprint density at radius 3 is 2.51 bits per heavy atom. The molecular formula is C33H49NO3. The summed E-state index contributed by atoms with van der Waals surface area (Å²) in [4.78, 5) is 27.9. The van der Waals surface area contributed by atoms with Crippen molar-refractivity contribution < 1.29 is 14.3 Å². The maximum atomic E-state index is 12.9. The van der Waals surface area contributed by atoms with E-state index in [0.717, 1.165) is 95.9 Å². The number of hydrogen-bond donors (Lipinski definition) is 0. The van der Waals surface area contributed by atoms with E-state index in [0.29, 0.717) is 35.9 Å². The zero-order valence-corrected chi connectivity index (χ0v) is 23.8. The van der Waals surface area contributed by atoms with Crippen LogP contribution in [0.1, 0.15) is 121 Å². The molecule has 2 fully saturated rings. The van der Waals surface area contributed by atoms with Crippen LogP contribution in [0.2, 0.25) is 0 Å². The quantitative estimate of drug-likeness (QED) is 0.255. The van der Waals surface area contributed by atoms with Crippen LogP contribution in [0.15, 0.2) is 23.8 Å². The van der Waals surface area contributed by atoms with Crippen LogP contribution in [0.5, 0.6) is 5.75 Å². The lowest BCUT2D eigenvalue weighted by Gasteiger charge is -2.48. The molecule has 1 aromatic carbocycles. The van der Waals surface area contributed by atoms with Gasteiger partial charge >= 0.3 is 0 Å². The van der Waals surface area contributed by atoms with Crippen molar-refractivity contribution in [3.05, 3.63) is 34.9 Å². The van der Waals surface area contributed by atoms with Gasteiger partial charge in [-0.05, 0) is 92.4 Å². The van der Waals surface area contributed by atoms with E-state index in [2.05, 4.69) is 49.9 Å². The van der Waals surface area contributed by atoms with Gasteiger partial charge in [-0.3, -0.25) is 9.59 Å². The summed E-state index contributed by atoms with van der Waals surface area (Å²) in [6.07, 6.45) is 15.7. The van der Waals surface area contributed by atoms with Crippen LogP contribution in [0.4, 0.5) is 0 Å². The Hall–Kier alpha value is -2.10. The number of fused-ring (bicyclic) bond motifs is 5. The average Bonchev–Trinajstić information content (AvgIpc) is 3.21. The molecule has 0 saturated heterocycles. The molecule has 204 valence electrons. The molecule has 3 aliphatic rings. The van der Waals surface area contributed by atoms with Crippen molar-refractivity contribution in [3.8, 4) is 5.75 Å². The summed E-state index contributed by atoms with van der Waals surface area (Å²) in [7, 11) is 1.74. The van der Waals surface area contributed by atoms with E-state index in [-0.39, 0.29) is 5.41 Å². The van der Waals surface area contributed by atoms with Gasteiger partial charge < -0.3 is 9.64 Å².